The van der Waals surface area contributed by atoms with Gasteiger partial charge in [0.1, 0.15) is 0 Å². The van der Waals surface area contributed by atoms with Crippen molar-refractivity contribution in [3.8, 4) is 84.4 Å². The molecular weight excluding hydrogens is 1070 g/mol. The van der Waals surface area contributed by atoms with E-state index in [4.69, 9.17) is 15.0 Å². The summed E-state index contributed by atoms with van der Waals surface area (Å²) in [5, 5.41) is 2.32. The summed E-state index contributed by atoms with van der Waals surface area (Å²) in [6, 6.07) is 116. The van der Waals surface area contributed by atoms with Crippen LogP contribution in [0.25, 0.3) is 106 Å². The normalized spacial score (nSPS) is 12.2. The summed E-state index contributed by atoms with van der Waals surface area (Å²) in [6.45, 7) is 0.0723. The Kier molecular flexibility index (Phi) is 12.2. The lowest BCUT2D eigenvalue weighted by molar-refractivity contribution is 1.06. The van der Waals surface area contributed by atoms with Gasteiger partial charge in [-0.2, -0.15) is 0 Å². The Morgan fingerprint density at radius 2 is 0.670 bits per heavy atom. The molecule has 6 nitrogen and oxygen atoms in total. The van der Waals surface area contributed by atoms with Gasteiger partial charge in [0.05, 0.1) is 16.7 Å². The van der Waals surface area contributed by atoms with E-state index in [2.05, 4.69) is 299 Å². The SMILES string of the molecule is c1ccc(-c2ccc3c(c2)c2ccccc2n3-c2c(-c3cccc(-c4cccc(-c5cccc(N6c7ccccc7B7c8ccccc8N(c8ccccc8)c8cccc6c87)c5)c4)c3)cccc2-c2nc(-c3ccccc3)nc(-c3ccccc3)n2)cc1. The highest BCUT2D eigenvalue weighted by atomic mass is 15.2. The van der Waals surface area contributed by atoms with E-state index >= 15 is 0 Å². The van der Waals surface area contributed by atoms with Gasteiger partial charge >= 0.3 is 0 Å². The zero-order valence-corrected chi connectivity index (χ0v) is 47.9. The van der Waals surface area contributed by atoms with Gasteiger partial charge in [0.25, 0.3) is 6.71 Å². The Bertz CT molecular complexity index is 5120. The maximum atomic E-state index is 5.38. The highest BCUT2D eigenvalue weighted by molar-refractivity contribution is 7.00. The van der Waals surface area contributed by atoms with Gasteiger partial charge in [-0.3, -0.25) is 0 Å². The average Bonchev–Trinajstić information content (AvgIpc) is 0.783. The second-order valence-corrected chi connectivity index (χ2v) is 22.7. The molecule has 0 saturated carbocycles. The molecule has 410 valence electrons. The van der Waals surface area contributed by atoms with E-state index in [0.29, 0.717) is 17.5 Å². The third kappa shape index (κ3) is 8.54. The Morgan fingerprint density at radius 1 is 0.250 bits per heavy atom. The van der Waals surface area contributed by atoms with Crippen molar-refractivity contribution < 1.29 is 0 Å². The average molecular weight is 1120 g/mol. The molecule has 17 rings (SSSR count). The van der Waals surface area contributed by atoms with E-state index in [1.54, 1.807) is 0 Å². The Balaban J connectivity index is 0.806. The van der Waals surface area contributed by atoms with Crippen LogP contribution in [0.1, 0.15) is 0 Å². The lowest BCUT2D eigenvalue weighted by Crippen LogP contribution is -2.61. The van der Waals surface area contributed by atoms with Gasteiger partial charge in [-0.25, -0.2) is 15.0 Å². The highest BCUT2D eigenvalue weighted by Gasteiger charge is 2.43. The van der Waals surface area contributed by atoms with Gasteiger partial charge in [-0.1, -0.05) is 237 Å². The summed E-state index contributed by atoms with van der Waals surface area (Å²) in [4.78, 5) is 20.8. The Hall–Kier alpha value is -11.7. The first kappa shape index (κ1) is 50.8. The molecule has 88 heavy (non-hydrogen) atoms. The fourth-order valence-electron chi connectivity index (χ4n) is 13.7. The summed E-state index contributed by atoms with van der Waals surface area (Å²) in [5.41, 5.74) is 25.7. The molecule has 0 bridgehead atoms. The zero-order chi connectivity index (χ0) is 58.1. The van der Waals surface area contributed by atoms with Crippen molar-refractivity contribution in [2.75, 3.05) is 9.80 Å². The van der Waals surface area contributed by atoms with Crippen molar-refractivity contribution in [2.24, 2.45) is 0 Å². The second-order valence-electron chi connectivity index (χ2n) is 22.7. The monoisotopic (exact) mass is 1120 g/mol. The maximum absolute atomic E-state index is 5.38. The molecule has 15 aromatic rings. The van der Waals surface area contributed by atoms with Crippen LogP contribution in [0.4, 0.5) is 34.1 Å². The van der Waals surface area contributed by atoms with Crippen molar-refractivity contribution >= 4 is 79.0 Å². The molecular formula is C81H53BN6. The molecule has 0 radical (unpaired) electrons. The highest BCUT2D eigenvalue weighted by Crippen LogP contribution is 2.46. The van der Waals surface area contributed by atoms with Crippen LogP contribution in [0.15, 0.2) is 322 Å². The summed E-state index contributed by atoms with van der Waals surface area (Å²) < 4.78 is 2.43. The molecule has 0 spiro atoms. The van der Waals surface area contributed by atoms with Crippen LogP contribution in [0.5, 0.6) is 0 Å². The van der Waals surface area contributed by atoms with E-state index in [1.165, 1.54) is 44.7 Å². The van der Waals surface area contributed by atoms with E-state index in [-0.39, 0.29) is 6.71 Å². The van der Waals surface area contributed by atoms with Crippen molar-refractivity contribution in [3.63, 3.8) is 0 Å². The smallest absolute Gasteiger partial charge is 0.252 e. The van der Waals surface area contributed by atoms with Gasteiger partial charge in [-0.05, 0) is 140 Å². The third-order valence-corrected chi connectivity index (χ3v) is 17.6. The van der Waals surface area contributed by atoms with Gasteiger partial charge in [0.15, 0.2) is 17.5 Å². The van der Waals surface area contributed by atoms with Crippen LogP contribution in [-0.2, 0) is 0 Å². The summed E-state index contributed by atoms with van der Waals surface area (Å²) >= 11 is 0. The molecule has 7 heteroatoms. The van der Waals surface area contributed by atoms with Gasteiger partial charge in [0.2, 0.25) is 0 Å². The molecule has 0 N–H and O–H groups in total. The van der Waals surface area contributed by atoms with Crippen LogP contribution in [-0.4, -0.2) is 26.2 Å². The lowest BCUT2D eigenvalue weighted by atomic mass is 9.33. The van der Waals surface area contributed by atoms with E-state index < -0.39 is 0 Å². The van der Waals surface area contributed by atoms with Crippen LogP contribution in [0.3, 0.4) is 0 Å². The molecule has 0 unspecified atom stereocenters. The van der Waals surface area contributed by atoms with Gasteiger partial charge in [-0.15, -0.1) is 0 Å². The first-order valence-corrected chi connectivity index (χ1v) is 30.0. The number of aromatic nitrogens is 4. The minimum atomic E-state index is 0.0723. The molecule has 0 fully saturated rings. The van der Waals surface area contributed by atoms with Crippen LogP contribution < -0.4 is 26.2 Å². The van der Waals surface area contributed by atoms with E-state index in [1.807, 2.05) is 36.4 Å². The summed E-state index contributed by atoms with van der Waals surface area (Å²) in [7, 11) is 0. The fourth-order valence-corrected chi connectivity index (χ4v) is 13.7. The number of fused-ring (bicyclic) bond motifs is 7. The molecule has 0 aliphatic carbocycles. The minimum Gasteiger partial charge on any atom is -0.311 e. The van der Waals surface area contributed by atoms with Crippen molar-refractivity contribution in [3.05, 3.63) is 322 Å². The quantitative estimate of drug-likeness (QED) is 0.128. The second kappa shape index (κ2) is 21.1. The number of benzene rings is 13. The number of hydrogen-bond donors (Lipinski definition) is 0. The number of rotatable bonds is 10. The maximum Gasteiger partial charge on any atom is 0.252 e. The molecule has 0 saturated heterocycles. The molecule has 2 aromatic heterocycles. The van der Waals surface area contributed by atoms with Gasteiger partial charge < -0.3 is 14.4 Å². The predicted molar refractivity (Wildman–Crippen MR) is 366 cm³/mol. The molecule has 0 atom stereocenters. The number of para-hydroxylation sites is 5. The van der Waals surface area contributed by atoms with Crippen LogP contribution in [0, 0.1) is 0 Å². The molecule has 2 aliphatic rings. The van der Waals surface area contributed by atoms with Crippen LogP contribution in [0.2, 0.25) is 0 Å². The number of hydrogen-bond acceptors (Lipinski definition) is 5. The largest absolute Gasteiger partial charge is 0.311 e. The first-order chi connectivity index (χ1) is 43.7. The zero-order valence-electron chi connectivity index (χ0n) is 47.9. The molecule has 2 aliphatic heterocycles. The molecule has 0 amide bonds. The summed E-state index contributed by atoms with van der Waals surface area (Å²) in [6.07, 6.45) is 0. The molecule has 4 heterocycles. The van der Waals surface area contributed by atoms with Crippen molar-refractivity contribution in [1.82, 2.24) is 19.5 Å². The third-order valence-electron chi connectivity index (χ3n) is 17.6. The molecule has 13 aromatic carbocycles. The predicted octanol–water partition coefficient (Wildman–Crippen LogP) is 18.7. The van der Waals surface area contributed by atoms with Gasteiger partial charge in [0, 0.05) is 67.2 Å². The fraction of sp³-hybridized carbons (Fsp3) is 0. The van der Waals surface area contributed by atoms with Crippen LogP contribution >= 0.6 is 0 Å². The number of anilines is 6. The topological polar surface area (TPSA) is 50.1 Å². The van der Waals surface area contributed by atoms with E-state index in [0.717, 1.165) is 94.5 Å². The number of nitrogens with zero attached hydrogens (tertiary/aromatic N) is 6. The Labute approximate surface area is 511 Å². The van der Waals surface area contributed by atoms with E-state index in [9.17, 15) is 0 Å². The lowest BCUT2D eigenvalue weighted by Gasteiger charge is -2.44. The van der Waals surface area contributed by atoms with Crippen molar-refractivity contribution in [1.29, 1.82) is 0 Å². The minimum absolute atomic E-state index is 0.0723. The van der Waals surface area contributed by atoms with Crippen molar-refractivity contribution in [2.45, 2.75) is 0 Å². The Morgan fingerprint density at radius 3 is 1.32 bits per heavy atom. The first-order valence-electron chi connectivity index (χ1n) is 30.0. The summed E-state index contributed by atoms with van der Waals surface area (Å²) in [5.74, 6) is 1.80. The standard InChI is InChI=1S/C81H53BN6/c1-5-24-54(25-6-1)61-48-49-72-68(53-61)66-38-13-16-43-71(66)88(72)78-65(39-22-40-67(78)81-84-79(55-26-7-2-8-27-55)83-80(85-81)56-28-9-3-10-29-56)62-34-20-32-59(51-62)57-30-19-31-58(50-57)60-33-21-37-64(52-60)87-74-45-18-15-42-70(74)82-69-41-14-17-44-73(69)86(63-35-11-4-12-36-63)75-46-23-47-76(87)77(75)82/h1-53H.